The van der Waals surface area contributed by atoms with Crippen LogP contribution in [0, 0.1) is 11.3 Å². The van der Waals surface area contributed by atoms with Crippen LogP contribution in [0.2, 0.25) is 0 Å². The molecule has 2 bridgehead atoms. The third-order valence-electron chi connectivity index (χ3n) is 5.88. The number of carbonyl (C=O) groups is 1. The summed E-state index contributed by atoms with van der Waals surface area (Å²) >= 11 is 0. The molecular formula is C16H28N2O2. The van der Waals surface area contributed by atoms with Gasteiger partial charge in [-0.05, 0) is 57.7 Å². The molecule has 0 aromatic carbocycles. The SMILES string of the molecule is CCCC1(C(=O)O)CCCN(C2CN3CCC2CC3)C1. The number of hydrogen-bond donors (Lipinski definition) is 1. The second-order valence-corrected chi connectivity index (χ2v) is 7.11. The van der Waals surface area contributed by atoms with Crippen molar-refractivity contribution in [2.45, 2.75) is 51.5 Å². The van der Waals surface area contributed by atoms with Gasteiger partial charge >= 0.3 is 5.97 Å². The van der Waals surface area contributed by atoms with Gasteiger partial charge in [-0.25, -0.2) is 0 Å². The van der Waals surface area contributed by atoms with E-state index in [9.17, 15) is 9.90 Å². The molecule has 0 aromatic heterocycles. The zero-order valence-electron chi connectivity index (χ0n) is 12.7. The van der Waals surface area contributed by atoms with Crippen LogP contribution in [0.3, 0.4) is 0 Å². The maximum atomic E-state index is 11.8. The van der Waals surface area contributed by atoms with Crippen LogP contribution in [0.25, 0.3) is 0 Å². The molecule has 2 atom stereocenters. The first-order valence-corrected chi connectivity index (χ1v) is 8.34. The van der Waals surface area contributed by atoms with E-state index in [4.69, 9.17) is 0 Å². The van der Waals surface area contributed by atoms with Crippen LogP contribution in [-0.2, 0) is 4.79 Å². The lowest BCUT2D eigenvalue weighted by atomic mass is 9.74. The molecular weight excluding hydrogens is 252 g/mol. The average molecular weight is 280 g/mol. The van der Waals surface area contributed by atoms with Crippen LogP contribution in [-0.4, -0.2) is 59.6 Å². The van der Waals surface area contributed by atoms with Gasteiger partial charge in [0.1, 0.15) is 0 Å². The zero-order valence-corrected chi connectivity index (χ0v) is 12.7. The van der Waals surface area contributed by atoms with Crippen LogP contribution in [0.4, 0.5) is 0 Å². The van der Waals surface area contributed by atoms with Gasteiger partial charge in [0.15, 0.2) is 0 Å². The van der Waals surface area contributed by atoms with E-state index >= 15 is 0 Å². The molecule has 4 saturated heterocycles. The van der Waals surface area contributed by atoms with Crippen LogP contribution in [0.15, 0.2) is 0 Å². The Bertz CT molecular complexity index is 361. The fraction of sp³-hybridized carbons (Fsp3) is 0.938. The van der Waals surface area contributed by atoms with Gasteiger partial charge in [0.2, 0.25) is 0 Å². The van der Waals surface area contributed by atoms with E-state index in [1.807, 2.05) is 0 Å². The number of aliphatic carboxylic acids is 1. The number of nitrogens with zero attached hydrogens (tertiary/aromatic N) is 2. The monoisotopic (exact) mass is 280 g/mol. The molecule has 4 fully saturated rings. The number of fused-ring (bicyclic) bond motifs is 3. The highest BCUT2D eigenvalue weighted by atomic mass is 16.4. The van der Waals surface area contributed by atoms with Crippen molar-refractivity contribution in [1.29, 1.82) is 0 Å². The van der Waals surface area contributed by atoms with E-state index in [-0.39, 0.29) is 0 Å². The van der Waals surface area contributed by atoms with Crippen LogP contribution in [0.1, 0.15) is 45.4 Å². The van der Waals surface area contributed by atoms with E-state index in [1.165, 1.54) is 32.5 Å². The number of hydrogen-bond acceptors (Lipinski definition) is 3. The minimum absolute atomic E-state index is 0.473. The summed E-state index contributed by atoms with van der Waals surface area (Å²) < 4.78 is 0. The standard InChI is InChI=1S/C16H28N2O2/c1-2-6-16(15(19)20)7-3-8-18(12-16)14-11-17-9-4-13(14)5-10-17/h13-14H,2-12H2,1H3,(H,19,20). The first-order valence-electron chi connectivity index (χ1n) is 8.34. The van der Waals surface area contributed by atoms with Crippen molar-refractivity contribution >= 4 is 5.97 Å². The van der Waals surface area contributed by atoms with Crippen molar-refractivity contribution in [3.63, 3.8) is 0 Å². The number of carboxylic acids is 1. The summed E-state index contributed by atoms with van der Waals surface area (Å²) in [5.41, 5.74) is -0.473. The molecule has 4 nitrogen and oxygen atoms in total. The van der Waals surface area contributed by atoms with E-state index in [2.05, 4.69) is 16.7 Å². The van der Waals surface area contributed by atoms with E-state index < -0.39 is 11.4 Å². The summed E-state index contributed by atoms with van der Waals surface area (Å²) in [5.74, 6) is 0.247. The van der Waals surface area contributed by atoms with Gasteiger partial charge in [-0.3, -0.25) is 9.69 Å². The van der Waals surface area contributed by atoms with Gasteiger partial charge in [-0.15, -0.1) is 0 Å². The summed E-state index contributed by atoms with van der Waals surface area (Å²) in [6, 6.07) is 0.619. The second-order valence-electron chi connectivity index (χ2n) is 7.11. The minimum Gasteiger partial charge on any atom is -0.481 e. The maximum absolute atomic E-state index is 11.8. The number of rotatable bonds is 4. The lowest BCUT2D eigenvalue weighted by molar-refractivity contribution is -0.155. The molecule has 1 N–H and O–H groups in total. The highest BCUT2D eigenvalue weighted by Crippen LogP contribution is 2.39. The molecule has 4 heterocycles. The first kappa shape index (κ1) is 14.3. The lowest BCUT2D eigenvalue weighted by Crippen LogP contribution is -2.61. The molecule has 4 aliphatic heterocycles. The van der Waals surface area contributed by atoms with Crippen molar-refractivity contribution in [3.05, 3.63) is 0 Å². The average Bonchev–Trinajstić information content (AvgIpc) is 2.49. The van der Waals surface area contributed by atoms with Gasteiger partial charge in [0.05, 0.1) is 5.41 Å². The molecule has 4 rings (SSSR count). The highest BCUT2D eigenvalue weighted by Gasteiger charge is 2.46. The van der Waals surface area contributed by atoms with Gasteiger partial charge < -0.3 is 10.0 Å². The molecule has 2 unspecified atom stereocenters. The summed E-state index contributed by atoms with van der Waals surface area (Å²) in [7, 11) is 0. The summed E-state index contributed by atoms with van der Waals surface area (Å²) in [6.45, 7) is 7.69. The highest BCUT2D eigenvalue weighted by molar-refractivity contribution is 5.75. The fourth-order valence-electron chi connectivity index (χ4n) is 4.76. The largest absolute Gasteiger partial charge is 0.481 e. The number of carboxylic acid groups (broad SMARTS) is 1. The fourth-order valence-corrected chi connectivity index (χ4v) is 4.76. The predicted octanol–water partition coefficient (Wildman–Crippen LogP) is 2.05. The molecule has 4 aliphatic rings. The molecule has 0 spiro atoms. The Balaban J connectivity index is 1.72. The molecule has 20 heavy (non-hydrogen) atoms. The molecule has 114 valence electrons. The van der Waals surface area contributed by atoms with Gasteiger partial charge in [-0.1, -0.05) is 13.3 Å². The predicted molar refractivity (Wildman–Crippen MR) is 78.7 cm³/mol. The van der Waals surface area contributed by atoms with E-state index in [0.717, 1.165) is 44.7 Å². The maximum Gasteiger partial charge on any atom is 0.310 e. The summed E-state index contributed by atoms with van der Waals surface area (Å²) in [5, 5.41) is 9.73. The van der Waals surface area contributed by atoms with Crippen molar-refractivity contribution in [2.75, 3.05) is 32.7 Å². The topological polar surface area (TPSA) is 43.8 Å². The Morgan fingerprint density at radius 3 is 2.60 bits per heavy atom. The molecule has 0 amide bonds. The third kappa shape index (κ3) is 2.48. The Kier molecular flexibility index (Phi) is 4.04. The van der Waals surface area contributed by atoms with Crippen LogP contribution >= 0.6 is 0 Å². The first-order chi connectivity index (χ1) is 9.64. The van der Waals surface area contributed by atoms with Gasteiger partial charge in [0, 0.05) is 19.1 Å². The lowest BCUT2D eigenvalue weighted by Gasteiger charge is -2.52. The van der Waals surface area contributed by atoms with Crippen molar-refractivity contribution < 1.29 is 9.90 Å². The smallest absolute Gasteiger partial charge is 0.310 e. The number of piperidine rings is 4. The quantitative estimate of drug-likeness (QED) is 0.856. The van der Waals surface area contributed by atoms with Crippen molar-refractivity contribution in [2.24, 2.45) is 11.3 Å². The van der Waals surface area contributed by atoms with Crippen molar-refractivity contribution in [3.8, 4) is 0 Å². The summed E-state index contributed by atoms with van der Waals surface area (Å²) in [6.07, 6.45) is 6.35. The van der Waals surface area contributed by atoms with Gasteiger partial charge in [0.25, 0.3) is 0 Å². The van der Waals surface area contributed by atoms with E-state index in [1.54, 1.807) is 0 Å². The second kappa shape index (κ2) is 5.64. The van der Waals surface area contributed by atoms with Crippen LogP contribution in [0.5, 0.6) is 0 Å². The number of likely N-dealkylation sites (tertiary alicyclic amines) is 1. The minimum atomic E-state index is -0.565. The Morgan fingerprint density at radius 1 is 1.30 bits per heavy atom. The molecule has 0 radical (unpaired) electrons. The molecule has 0 saturated carbocycles. The third-order valence-corrected chi connectivity index (χ3v) is 5.88. The molecule has 0 aliphatic carbocycles. The molecule has 4 heteroatoms. The Labute approximate surface area is 122 Å². The van der Waals surface area contributed by atoms with Crippen molar-refractivity contribution in [1.82, 2.24) is 9.80 Å². The Hall–Kier alpha value is -0.610. The van der Waals surface area contributed by atoms with Crippen LogP contribution < -0.4 is 0 Å². The molecule has 0 aromatic rings. The normalized spacial score (nSPS) is 41.8. The van der Waals surface area contributed by atoms with E-state index in [0.29, 0.717) is 6.04 Å². The Morgan fingerprint density at radius 2 is 2.05 bits per heavy atom. The summed E-state index contributed by atoms with van der Waals surface area (Å²) in [4.78, 5) is 16.9. The van der Waals surface area contributed by atoms with Gasteiger partial charge in [-0.2, -0.15) is 0 Å². The zero-order chi connectivity index (χ0) is 14.2.